The average molecular weight is 494 g/mol. The van der Waals surface area contributed by atoms with Crippen LogP contribution in [-0.4, -0.2) is 41.1 Å². The number of rotatable bonds is 7. The molecule has 0 spiro atoms. The molecule has 2 aliphatic rings. The van der Waals surface area contributed by atoms with Crippen molar-refractivity contribution in [2.75, 3.05) is 26.1 Å². The Hall–Kier alpha value is -4.07. The third kappa shape index (κ3) is 5.09. The number of methoxy groups -OCH3 is 2. The molecule has 5 rings (SSSR count). The lowest BCUT2D eigenvalue weighted by Crippen LogP contribution is -2.33. The highest BCUT2D eigenvalue weighted by Crippen LogP contribution is 2.30. The molecule has 1 unspecified atom stereocenters. The van der Waals surface area contributed by atoms with Gasteiger partial charge in [0.05, 0.1) is 52.0 Å². The predicted octanol–water partition coefficient (Wildman–Crippen LogP) is 5.80. The molecule has 7 heteroatoms. The standard InChI is InChI=1S/C30H31N5O2/c1-20-10-14-23(15-11-20)35-28-9-7-6-8-24(28)33-27-16-25(32-22-13-12-21(2)31-18-22)26(17-29(27)35)34-30(3,37-5)19-36-4/h6-18,32H,19H2,1-5H3/b34-26+. The normalized spacial score (nSPS) is 13.7. The summed E-state index contributed by atoms with van der Waals surface area (Å²) in [6.07, 6.45) is 1.81. The number of para-hydroxylation sites is 2. The molecule has 188 valence electrons. The van der Waals surface area contributed by atoms with E-state index in [-0.39, 0.29) is 0 Å². The summed E-state index contributed by atoms with van der Waals surface area (Å²) >= 11 is 0. The van der Waals surface area contributed by atoms with Crippen LogP contribution in [0.5, 0.6) is 0 Å². The Bertz CT molecular complexity index is 1580. The van der Waals surface area contributed by atoms with E-state index in [0.717, 1.165) is 50.5 Å². The van der Waals surface area contributed by atoms with Gasteiger partial charge in [-0.15, -0.1) is 0 Å². The molecule has 1 aliphatic heterocycles. The van der Waals surface area contributed by atoms with E-state index in [1.165, 1.54) is 5.56 Å². The SMILES string of the molecule is COCC(C)(/N=c1\cc2n(-c3ccc(C)cc3)c3ccccc3nc-2cc1Nc1ccc(C)nc1)OC. The summed E-state index contributed by atoms with van der Waals surface area (Å²) < 4.78 is 13.4. The van der Waals surface area contributed by atoms with E-state index in [0.29, 0.717) is 6.61 Å². The third-order valence-corrected chi connectivity index (χ3v) is 6.39. The van der Waals surface area contributed by atoms with E-state index in [1.54, 1.807) is 14.2 Å². The maximum Gasteiger partial charge on any atom is 0.179 e. The Morgan fingerprint density at radius 2 is 1.76 bits per heavy atom. The number of pyridine rings is 1. The first-order chi connectivity index (χ1) is 17.9. The topological polar surface area (TPSA) is 73.6 Å². The van der Waals surface area contributed by atoms with Crippen LogP contribution in [0.15, 0.2) is 84.0 Å². The quantitative estimate of drug-likeness (QED) is 0.290. The second-order valence-corrected chi connectivity index (χ2v) is 9.37. The highest BCUT2D eigenvalue weighted by Gasteiger charge is 2.23. The maximum absolute atomic E-state index is 5.76. The zero-order valence-corrected chi connectivity index (χ0v) is 21.8. The molecule has 0 saturated carbocycles. The molecule has 0 saturated heterocycles. The van der Waals surface area contributed by atoms with Crippen LogP contribution in [0.2, 0.25) is 0 Å². The summed E-state index contributed by atoms with van der Waals surface area (Å²) in [7, 11) is 3.29. The second kappa shape index (κ2) is 10.1. The highest BCUT2D eigenvalue weighted by atomic mass is 16.5. The van der Waals surface area contributed by atoms with Gasteiger partial charge in [-0.25, -0.2) is 9.98 Å². The van der Waals surface area contributed by atoms with Gasteiger partial charge >= 0.3 is 0 Å². The van der Waals surface area contributed by atoms with Gasteiger partial charge < -0.3 is 19.4 Å². The van der Waals surface area contributed by atoms with Crippen LogP contribution < -0.4 is 10.7 Å². The van der Waals surface area contributed by atoms with Crippen molar-refractivity contribution in [3.63, 3.8) is 0 Å². The monoisotopic (exact) mass is 493 g/mol. The Balaban J connectivity index is 1.83. The van der Waals surface area contributed by atoms with Crippen molar-refractivity contribution in [3.05, 3.63) is 95.6 Å². The van der Waals surface area contributed by atoms with Crippen LogP contribution in [0.25, 0.3) is 28.1 Å². The summed E-state index contributed by atoms with van der Waals surface area (Å²) in [5.41, 5.74) is 7.69. The van der Waals surface area contributed by atoms with Crippen LogP contribution in [0.4, 0.5) is 11.4 Å². The van der Waals surface area contributed by atoms with Gasteiger partial charge in [0.15, 0.2) is 5.72 Å². The van der Waals surface area contributed by atoms with E-state index < -0.39 is 5.72 Å². The zero-order chi connectivity index (χ0) is 26.0. The Morgan fingerprint density at radius 1 is 0.973 bits per heavy atom. The average Bonchev–Trinajstić information content (AvgIpc) is 2.90. The first kappa shape index (κ1) is 24.6. The van der Waals surface area contributed by atoms with Crippen molar-refractivity contribution in [2.45, 2.75) is 26.5 Å². The minimum Gasteiger partial charge on any atom is -0.380 e. The molecule has 0 amide bonds. The molecule has 7 nitrogen and oxygen atoms in total. The summed E-state index contributed by atoms with van der Waals surface area (Å²) in [4.78, 5) is 14.5. The van der Waals surface area contributed by atoms with Crippen molar-refractivity contribution in [2.24, 2.45) is 4.99 Å². The number of ether oxygens (including phenoxy) is 2. The van der Waals surface area contributed by atoms with Gasteiger partial charge in [0.1, 0.15) is 0 Å². The summed E-state index contributed by atoms with van der Waals surface area (Å²) in [6.45, 7) is 6.27. The van der Waals surface area contributed by atoms with E-state index in [2.05, 4.69) is 58.2 Å². The fourth-order valence-corrected chi connectivity index (χ4v) is 4.36. The van der Waals surface area contributed by atoms with E-state index in [9.17, 15) is 0 Å². The number of nitrogens with one attached hydrogen (secondary N) is 1. The minimum absolute atomic E-state index is 0.307. The van der Waals surface area contributed by atoms with Crippen molar-refractivity contribution in [1.29, 1.82) is 0 Å². The predicted molar refractivity (Wildman–Crippen MR) is 148 cm³/mol. The van der Waals surface area contributed by atoms with Crippen LogP contribution in [-0.2, 0) is 9.47 Å². The molecule has 0 bridgehead atoms. The molecule has 1 N–H and O–H groups in total. The van der Waals surface area contributed by atoms with Gasteiger partial charge in [0.2, 0.25) is 0 Å². The molecule has 1 aromatic heterocycles. The molecule has 0 radical (unpaired) electrons. The molecule has 3 aromatic rings. The maximum atomic E-state index is 5.76. The zero-order valence-electron chi connectivity index (χ0n) is 21.8. The first-order valence-electron chi connectivity index (χ1n) is 12.2. The summed E-state index contributed by atoms with van der Waals surface area (Å²) in [5, 5.41) is 4.22. The Labute approximate surface area is 216 Å². The molecule has 37 heavy (non-hydrogen) atoms. The number of anilines is 2. The van der Waals surface area contributed by atoms with Crippen molar-refractivity contribution < 1.29 is 9.47 Å². The number of aromatic nitrogens is 3. The number of nitrogens with zero attached hydrogens (tertiary/aromatic N) is 4. The highest BCUT2D eigenvalue weighted by molar-refractivity contribution is 5.84. The number of benzene rings is 3. The van der Waals surface area contributed by atoms with Gasteiger partial charge in [0.25, 0.3) is 0 Å². The fourth-order valence-electron chi connectivity index (χ4n) is 4.36. The number of hydrogen-bond acceptors (Lipinski definition) is 6. The van der Waals surface area contributed by atoms with Crippen LogP contribution >= 0.6 is 0 Å². The molecule has 1 aliphatic carbocycles. The molecule has 2 aromatic carbocycles. The molecular weight excluding hydrogens is 462 g/mol. The molecule has 1 atom stereocenters. The van der Waals surface area contributed by atoms with Crippen LogP contribution in [0.3, 0.4) is 0 Å². The number of hydrogen-bond donors (Lipinski definition) is 1. The molecular formula is C30H31N5O2. The van der Waals surface area contributed by atoms with Gasteiger partial charge in [-0.3, -0.25) is 4.98 Å². The Kier molecular flexibility index (Phi) is 6.74. The van der Waals surface area contributed by atoms with Crippen molar-refractivity contribution >= 4 is 22.4 Å². The lowest BCUT2D eigenvalue weighted by atomic mass is 10.1. The van der Waals surface area contributed by atoms with Crippen molar-refractivity contribution in [1.82, 2.24) is 14.5 Å². The van der Waals surface area contributed by atoms with Crippen LogP contribution in [0.1, 0.15) is 18.2 Å². The Morgan fingerprint density at radius 3 is 2.46 bits per heavy atom. The first-order valence-corrected chi connectivity index (χ1v) is 12.2. The molecule has 2 heterocycles. The number of aryl methyl sites for hydroxylation is 2. The largest absolute Gasteiger partial charge is 0.380 e. The van der Waals surface area contributed by atoms with E-state index in [1.807, 2.05) is 56.4 Å². The second-order valence-electron chi connectivity index (χ2n) is 9.37. The van der Waals surface area contributed by atoms with Gasteiger partial charge in [-0.1, -0.05) is 29.8 Å². The lowest BCUT2D eigenvalue weighted by molar-refractivity contribution is -0.0466. The lowest BCUT2D eigenvalue weighted by Gasteiger charge is -2.24. The third-order valence-electron chi connectivity index (χ3n) is 6.39. The number of fused-ring (bicyclic) bond motifs is 2. The van der Waals surface area contributed by atoms with E-state index >= 15 is 0 Å². The van der Waals surface area contributed by atoms with Crippen molar-refractivity contribution in [3.8, 4) is 17.1 Å². The van der Waals surface area contributed by atoms with Gasteiger partial charge in [0, 0.05) is 25.6 Å². The van der Waals surface area contributed by atoms with Crippen LogP contribution in [0, 0.1) is 13.8 Å². The van der Waals surface area contributed by atoms with E-state index in [4.69, 9.17) is 19.5 Å². The molecule has 0 fully saturated rings. The van der Waals surface area contributed by atoms with Gasteiger partial charge in [-0.05, 0) is 69.3 Å². The summed E-state index contributed by atoms with van der Waals surface area (Å²) in [6, 6.07) is 24.7. The van der Waals surface area contributed by atoms with Gasteiger partial charge in [-0.2, -0.15) is 0 Å². The summed E-state index contributed by atoms with van der Waals surface area (Å²) in [5.74, 6) is 0. The fraction of sp³-hybridized carbons (Fsp3) is 0.233. The minimum atomic E-state index is -0.872. The smallest absolute Gasteiger partial charge is 0.179 e.